The lowest BCUT2D eigenvalue weighted by Gasteiger charge is -2.59. The second-order valence-electron chi connectivity index (χ2n) is 7.32. The predicted molar refractivity (Wildman–Crippen MR) is 72.9 cm³/mol. The maximum absolute atomic E-state index is 9.29. The summed E-state index contributed by atoms with van der Waals surface area (Å²) >= 11 is 0. The Labute approximate surface area is 108 Å². The van der Waals surface area contributed by atoms with Gasteiger partial charge in [0.15, 0.2) is 0 Å². The molecule has 0 heterocycles. The Morgan fingerprint density at radius 2 is 1.24 bits per heavy atom. The lowest BCUT2D eigenvalue weighted by molar-refractivity contribution is -0.0849. The summed E-state index contributed by atoms with van der Waals surface area (Å²) in [4.78, 5) is 2.53. The van der Waals surface area contributed by atoms with E-state index >= 15 is 0 Å². The summed E-state index contributed by atoms with van der Waals surface area (Å²) in [5.74, 6) is 3.23. The molecule has 17 heavy (non-hydrogen) atoms. The van der Waals surface area contributed by atoms with E-state index in [4.69, 9.17) is 0 Å². The third-order valence-electron chi connectivity index (χ3n) is 5.39. The Bertz CT molecular complexity index is 287. The lowest BCUT2D eigenvalue weighted by atomic mass is 9.53. The molecular weight excluding hydrogens is 206 g/mol. The first kappa shape index (κ1) is 10.8. The Morgan fingerprint density at radius 3 is 1.59 bits per heavy atom. The molecule has 1 nitrogen and oxygen atoms in total. The highest BCUT2D eigenvalue weighted by Gasteiger charge is 2.50. The van der Waals surface area contributed by atoms with E-state index < -0.39 is 0 Å². The number of hydrogen-bond acceptors (Lipinski definition) is 1. The third kappa shape index (κ3) is 1.95. The summed E-state index contributed by atoms with van der Waals surface area (Å²) in [5, 5.41) is 0. The molecule has 0 saturated heterocycles. The molecule has 4 aliphatic rings. The van der Waals surface area contributed by atoms with E-state index in [1.165, 1.54) is 32.1 Å². The second kappa shape index (κ2) is 4.26. The van der Waals surface area contributed by atoms with E-state index in [2.05, 4.69) is 32.6 Å². The van der Waals surface area contributed by atoms with Crippen molar-refractivity contribution in [2.24, 2.45) is 23.7 Å². The second-order valence-corrected chi connectivity index (χ2v) is 7.32. The van der Waals surface area contributed by atoms with Crippen LogP contribution in [0.4, 0.5) is 0 Å². The van der Waals surface area contributed by atoms with Crippen LogP contribution in [0.1, 0.15) is 61.2 Å². The molecule has 0 amide bonds. The molecule has 0 aromatic carbocycles. The van der Waals surface area contributed by atoms with E-state index in [0.29, 0.717) is 23.9 Å². The van der Waals surface area contributed by atoms with Crippen LogP contribution in [0, 0.1) is 23.7 Å². The van der Waals surface area contributed by atoms with Crippen molar-refractivity contribution in [3.8, 4) is 0 Å². The summed E-state index contributed by atoms with van der Waals surface area (Å²) in [6.45, 7) is 9.12. The average Bonchev–Trinajstić information content (AvgIpc) is 2.24. The van der Waals surface area contributed by atoms with Crippen molar-refractivity contribution in [3.05, 3.63) is 0 Å². The van der Waals surface area contributed by atoms with Crippen LogP contribution in [-0.4, -0.2) is 23.0 Å². The first-order valence-corrected chi connectivity index (χ1v) is 7.71. The molecule has 0 atom stereocenters. The van der Waals surface area contributed by atoms with Gasteiger partial charge in [0.1, 0.15) is 0 Å². The summed E-state index contributed by atoms with van der Waals surface area (Å²) in [5.41, 5.74) is 0. The normalized spacial score (nSPS) is 49.5. The van der Waals surface area contributed by atoms with Crippen LogP contribution < -0.4 is 0 Å². The van der Waals surface area contributed by atoms with Crippen molar-refractivity contribution in [1.29, 1.82) is 0 Å². The minimum atomic E-state index is -0.254. The number of nitrogens with zero attached hydrogens (tertiary/aromatic N) is 1. The Kier molecular flexibility index (Phi) is 2.72. The topological polar surface area (TPSA) is 3.24 Å². The summed E-state index contributed by atoms with van der Waals surface area (Å²) in [6.07, 6.45) is 6.84. The SMILES string of the molecule is [2H]C1(N(C(C)C)C(C)C)C2CC3CC(C2)CC1C3. The minimum Gasteiger partial charge on any atom is -0.295 e. The molecule has 0 aliphatic heterocycles. The Balaban J connectivity index is 1.93. The van der Waals surface area contributed by atoms with E-state index in [0.717, 1.165) is 11.8 Å². The maximum Gasteiger partial charge on any atom is 0.0473 e. The molecule has 0 aromatic heterocycles. The van der Waals surface area contributed by atoms with E-state index in [9.17, 15) is 1.37 Å². The van der Waals surface area contributed by atoms with Gasteiger partial charge >= 0.3 is 0 Å². The maximum atomic E-state index is 9.29. The van der Waals surface area contributed by atoms with Gasteiger partial charge in [-0.25, -0.2) is 0 Å². The first-order chi connectivity index (χ1) is 8.42. The molecule has 4 saturated carbocycles. The van der Waals surface area contributed by atoms with Gasteiger partial charge in [-0.05, 0) is 83.5 Å². The number of hydrogen-bond donors (Lipinski definition) is 0. The van der Waals surface area contributed by atoms with E-state index in [-0.39, 0.29) is 6.02 Å². The van der Waals surface area contributed by atoms with Crippen LogP contribution in [-0.2, 0) is 0 Å². The van der Waals surface area contributed by atoms with Gasteiger partial charge in [-0.15, -0.1) is 0 Å². The van der Waals surface area contributed by atoms with Crippen molar-refractivity contribution < 1.29 is 1.37 Å². The van der Waals surface area contributed by atoms with Gasteiger partial charge in [0.05, 0.1) is 0 Å². The van der Waals surface area contributed by atoms with Gasteiger partial charge in [0.2, 0.25) is 0 Å². The van der Waals surface area contributed by atoms with Crippen LogP contribution in [0.5, 0.6) is 0 Å². The molecule has 4 bridgehead atoms. The van der Waals surface area contributed by atoms with Gasteiger partial charge in [0.25, 0.3) is 0 Å². The molecular formula is C16H29N. The van der Waals surface area contributed by atoms with Crippen LogP contribution >= 0.6 is 0 Å². The van der Waals surface area contributed by atoms with Crippen LogP contribution in [0.3, 0.4) is 0 Å². The lowest BCUT2D eigenvalue weighted by Crippen LogP contribution is -2.59. The minimum absolute atomic E-state index is 0.254. The smallest absolute Gasteiger partial charge is 0.0473 e. The van der Waals surface area contributed by atoms with Crippen molar-refractivity contribution in [2.75, 3.05) is 0 Å². The highest BCUT2D eigenvalue weighted by atomic mass is 15.2. The molecule has 4 aliphatic carbocycles. The molecule has 0 N–H and O–H groups in total. The van der Waals surface area contributed by atoms with Crippen molar-refractivity contribution in [2.45, 2.75) is 77.9 Å². The fourth-order valence-electron chi connectivity index (χ4n) is 5.28. The Morgan fingerprint density at radius 1 is 0.824 bits per heavy atom. The largest absolute Gasteiger partial charge is 0.295 e. The van der Waals surface area contributed by atoms with E-state index in [1.54, 1.807) is 0 Å². The van der Waals surface area contributed by atoms with Crippen molar-refractivity contribution in [1.82, 2.24) is 4.90 Å². The van der Waals surface area contributed by atoms with Crippen molar-refractivity contribution >= 4 is 0 Å². The molecule has 1 heteroatoms. The third-order valence-corrected chi connectivity index (χ3v) is 5.39. The van der Waals surface area contributed by atoms with Crippen molar-refractivity contribution in [3.63, 3.8) is 0 Å². The first-order valence-electron chi connectivity index (χ1n) is 8.21. The Hall–Kier alpha value is -0.0400. The molecule has 98 valence electrons. The zero-order valence-electron chi connectivity index (χ0n) is 12.9. The zero-order valence-corrected chi connectivity index (χ0v) is 11.9. The number of rotatable bonds is 3. The summed E-state index contributed by atoms with van der Waals surface area (Å²) < 4.78 is 9.29. The van der Waals surface area contributed by atoms with Gasteiger partial charge < -0.3 is 0 Å². The predicted octanol–water partition coefficient (Wildman–Crippen LogP) is 3.93. The quantitative estimate of drug-likeness (QED) is 0.717. The summed E-state index contributed by atoms with van der Waals surface area (Å²) in [7, 11) is 0. The van der Waals surface area contributed by atoms with Crippen LogP contribution in [0.2, 0.25) is 0 Å². The molecule has 0 spiro atoms. The fraction of sp³-hybridized carbons (Fsp3) is 1.00. The summed E-state index contributed by atoms with van der Waals surface area (Å²) in [6, 6.07) is 0.746. The highest BCUT2D eigenvalue weighted by molar-refractivity contribution is 5.03. The van der Waals surface area contributed by atoms with Gasteiger partial charge in [-0.2, -0.15) is 0 Å². The van der Waals surface area contributed by atoms with Gasteiger partial charge in [-0.3, -0.25) is 4.90 Å². The fourth-order valence-corrected chi connectivity index (χ4v) is 5.28. The molecule has 0 unspecified atom stereocenters. The standard InChI is InChI=1S/C16H29N/c1-10(2)17(11(3)4)16-14-6-12-5-13(8-14)9-15(16)7-12/h10-16H,5-9H2,1-4H3/i16D. The van der Waals surface area contributed by atoms with Gasteiger partial charge in [0, 0.05) is 19.5 Å². The van der Waals surface area contributed by atoms with Crippen LogP contribution in [0.25, 0.3) is 0 Å². The monoisotopic (exact) mass is 236 g/mol. The molecule has 4 rings (SSSR count). The molecule has 0 aromatic rings. The highest BCUT2D eigenvalue weighted by Crippen LogP contribution is 2.55. The van der Waals surface area contributed by atoms with Gasteiger partial charge in [-0.1, -0.05) is 0 Å². The molecule has 0 radical (unpaired) electrons. The van der Waals surface area contributed by atoms with E-state index in [1.807, 2.05) is 0 Å². The van der Waals surface area contributed by atoms with Crippen LogP contribution in [0.15, 0.2) is 0 Å². The average molecular weight is 236 g/mol. The zero-order chi connectivity index (χ0) is 13.1. The molecule has 4 fully saturated rings.